The number of aliphatic hydroxyl groups is 1. The standard InChI is InChI=1S/C33H37N7O3/c1-33(2,43)21-39-14-10-23(11-15-39)22-5-7-24(8-6-22)31(41)37-30-19-27(9-13-36-30)38(4)28-17-25-12-16-40(32(42)35-3)29(25)18-26(28)20-34/h5-9,12-13,16-19,23,43H,10-11,14-15,21H2,1-4H3,(H,35,42)(H,36,37,41). The zero-order chi connectivity index (χ0) is 30.7. The van der Waals surface area contributed by atoms with Gasteiger partial charge in [-0.15, -0.1) is 0 Å². The number of rotatable bonds is 7. The molecule has 1 fully saturated rings. The lowest BCUT2D eigenvalue weighted by Gasteiger charge is -2.35. The molecule has 3 N–H and O–H groups in total. The molecule has 43 heavy (non-hydrogen) atoms. The molecule has 10 nitrogen and oxygen atoms in total. The average Bonchev–Trinajstić information content (AvgIpc) is 3.42. The highest BCUT2D eigenvalue weighted by atomic mass is 16.3. The van der Waals surface area contributed by atoms with Crippen LogP contribution in [0.1, 0.15) is 54.1 Å². The first kappa shape index (κ1) is 29.8. The number of hydrogen-bond donors (Lipinski definition) is 3. The van der Waals surface area contributed by atoms with Crippen molar-refractivity contribution in [3.63, 3.8) is 0 Å². The number of carbonyl (C=O) groups is 2. The van der Waals surface area contributed by atoms with Gasteiger partial charge in [0.2, 0.25) is 0 Å². The molecule has 0 atom stereocenters. The van der Waals surface area contributed by atoms with Crippen LogP contribution < -0.4 is 15.5 Å². The Hall–Kier alpha value is -4.72. The quantitative estimate of drug-likeness (QED) is 0.279. The maximum atomic E-state index is 13.1. The van der Waals surface area contributed by atoms with Gasteiger partial charge in [-0.1, -0.05) is 12.1 Å². The van der Waals surface area contributed by atoms with Crippen LogP contribution in [0.2, 0.25) is 0 Å². The summed E-state index contributed by atoms with van der Waals surface area (Å²) in [6, 6.07) is 18.7. The summed E-state index contributed by atoms with van der Waals surface area (Å²) < 4.78 is 1.47. The van der Waals surface area contributed by atoms with E-state index in [4.69, 9.17) is 0 Å². The van der Waals surface area contributed by atoms with Crippen molar-refractivity contribution >= 4 is 40.0 Å². The molecule has 1 saturated heterocycles. The minimum Gasteiger partial charge on any atom is -0.389 e. The number of nitrogens with one attached hydrogen (secondary N) is 2. The molecular weight excluding hydrogens is 542 g/mol. The van der Waals surface area contributed by atoms with Crippen molar-refractivity contribution in [2.45, 2.75) is 38.2 Å². The first-order chi connectivity index (χ1) is 20.6. The average molecular weight is 580 g/mol. The van der Waals surface area contributed by atoms with Crippen molar-refractivity contribution in [1.82, 2.24) is 19.8 Å². The molecule has 1 aliphatic rings. The Morgan fingerprint density at radius 2 is 1.84 bits per heavy atom. The van der Waals surface area contributed by atoms with Crippen LogP contribution in [0.4, 0.5) is 22.0 Å². The summed E-state index contributed by atoms with van der Waals surface area (Å²) >= 11 is 0. The van der Waals surface area contributed by atoms with E-state index >= 15 is 0 Å². The minimum atomic E-state index is -0.693. The van der Waals surface area contributed by atoms with Crippen LogP contribution in [0.5, 0.6) is 0 Å². The number of amides is 2. The van der Waals surface area contributed by atoms with E-state index in [9.17, 15) is 20.0 Å². The first-order valence-electron chi connectivity index (χ1n) is 14.4. The van der Waals surface area contributed by atoms with Gasteiger partial charge in [0.15, 0.2) is 0 Å². The zero-order valence-electron chi connectivity index (χ0n) is 25.0. The van der Waals surface area contributed by atoms with E-state index in [2.05, 4.69) is 26.6 Å². The number of anilines is 3. The van der Waals surface area contributed by atoms with E-state index in [1.165, 1.54) is 10.1 Å². The highest BCUT2D eigenvalue weighted by molar-refractivity contribution is 6.04. The molecule has 10 heteroatoms. The van der Waals surface area contributed by atoms with Gasteiger partial charge in [0.1, 0.15) is 11.9 Å². The lowest BCUT2D eigenvalue weighted by molar-refractivity contribution is 0.0282. The summed E-state index contributed by atoms with van der Waals surface area (Å²) in [5, 5.41) is 26.3. The van der Waals surface area contributed by atoms with E-state index in [0.29, 0.717) is 40.6 Å². The Morgan fingerprint density at radius 3 is 2.49 bits per heavy atom. The summed E-state index contributed by atoms with van der Waals surface area (Å²) in [5.74, 6) is 0.570. The van der Waals surface area contributed by atoms with Crippen LogP contribution >= 0.6 is 0 Å². The number of fused-ring (bicyclic) bond motifs is 1. The number of β-amino-alcohol motifs (C(OH)–C–C–N with tert-alkyl or cyclic N) is 1. The Balaban J connectivity index is 1.27. The van der Waals surface area contributed by atoms with E-state index in [1.807, 2.05) is 62.2 Å². The Morgan fingerprint density at radius 1 is 1.12 bits per heavy atom. The molecule has 0 radical (unpaired) electrons. The summed E-state index contributed by atoms with van der Waals surface area (Å²) in [6.45, 7) is 6.24. The molecule has 4 aromatic rings. The summed E-state index contributed by atoms with van der Waals surface area (Å²) in [7, 11) is 3.40. The van der Waals surface area contributed by atoms with Gasteiger partial charge in [0, 0.05) is 55.7 Å². The molecule has 2 aromatic carbocycles. The van der Waals surface area contributed by atoms with E-state index in [1.54, 1.807) is 37.6 Å². The number of hydrogen-bond acceptors (Lipinski definition) is 7. The van der Waals surface area contributed by atoms with Gasteiger partial charge < -0.3 is 25.5 Å². The van der Waals surface area contributed by atoms with Gasteiger partial charge >= 0.3 is 6.03 Å². The van der Waals surface area contributed by atoms with Crippen LogP contribution in [-0.4, -0.2) is 70.8 Å². The van der Waals surface area contributed by atoms with Crippen molar-refractivity contribution in [3.8, 4) is 6.07 Å². The van der Waals surface area contributed by atoms with E-state index in [0.717, 1.165) is 37.0 Å². The predicted octanol–water partition coefficient (Wildman–Crippen LogP) is 5.07. The normalized spacial score (nSPS) is 14.3. The van der Waals surface area contributed by atoms with Gasteiger partial charge in [-0.05, 0) is 87.7 Å². The van der Waals surface area contributed by atoms with Gasteiger partial charge in [0.05, 0.1) is 22.4 Å². The fourth-order valence-electron chi connectivity index (χ4n) is 5.74. The lowest BCUT2D eigenvalue weighted by Crippen LogP contribution is -2.42. The molecule has 0 spiro atoms. The largest absolute Gasteiger partial charge is 0.389 e. The van der Waals surface area contributed by atoms with E-state index < -0.39 is 5.60 Å². The topological polar surface area (TPSA) is 127 Å². The third-order valence-corrected chi connectivity index (χ3v) is 7.94. The molecule has 0 bridgehead atoms. The summed E-state index contributed by atoms with van der Waals surface area (Å²) in [4.78, 5) is 33.8. The number of piperidine rings is 1. The number of aromatic nitrogens is 2. The number of likely N-dealkylation sites (tertiary alicyclic amines) is 1. The van der Waals surface area contributed by atoms with Gasteiger partial charge in [-0.2, -0.15) is 5.26 Å². The van der Waals surface area contributed by atoms with Crippen LogP contribution in [0.25, 0.3) is 10.9 Å². The fourth-order valence-corrected chi connectivity index (χ4v) is 5.74. The molecule has 5 rings (SSSR count). The molecule has 3 heterocycles. The molecule has 1 aliphatic heterocycles. The third-order valence-electron chi connectivity index (χ3n) is 7.94. The molecule has 0 aliphatic carbocycles. The Labute approximate surface area is 251 Å². The summed E-state index contributed by atoms with van der Waals surface area (Å²) in [5.41, 5.74) is 3.51. The molecular formula is C33H37N7O3. The predicted molar refractivity (Wildman–Crippen MR) is 168 cm³/mol. The van der Waals surface area contributed by atoms with Crippen molar-refractivity contribution < 1.29 is 14.7 Å². The van der Waals surface area contributed by atoms with Crippen LogP contribution in [0.3, 0.4) is 0 Å². The number of nitriles is 1. The second-order valence-corrected chi connectivity index (χ2v) is 11.7. The second-order valence-electron chi connectivity index (χ2n) is 11.7. The van der Waals surface area contributed by atoms with Gasteiger partial charge in [0.25, 0.3) is 5.91 Å². The monoisotopic (exact) mass is 579 g/mol. The zero-order valence-corrected chi connectivity index (χ0v) is 25.0. The van der Waals surface area contributed by atoms with E-state index in [-0.39, 0.29) is 11.9 Å². The minimum absolute atomic E-state index is 0.256. The lowest BCUT2D eigenvalue weighted by atomic mass is 9.88. The van der Waals surface area contributed by atoms with Gasteiger partial charge in [-0.25, -0.2) is 9.78 Å². The molecule has 222 valence electrons. The fraction of sp³-hybridized carbons (Fsp3) is 0.333. The number of carbonyl (C=O) groups excluding carboxylic acids is 2. The van der Waals surface area contributed by atoms with Crippen molar-refractivity contribution in [1.29, 1.82) is 5.26 Å². The SMILES string of the molecule is CNC(=O)n1ccc2cc(N(C)c3ccnc(NC(=O)c4ccc(C5CCN(CC(C)(C)O)CC5)cc4)c3)c(C#N)cc21. The number of benzene rings is 2. The second kappa shape index (κ2) is 12.3. The third kappa shape index (κ3) is 6.69. The molecule has 0 unspecified atom stereocenters. The Bertz CT molecular complexity index is 1670. The van der Waals surface area contributed by atoms with Gasteiger partial charge in [-0.3, -0.25) is 9.36 Å². The highest BCUT2D eigenvalue weighted by Gasteiger charge is 2.25. The van der Waals surface area contributed by atoms with Crippen molar-refractivity contribution in [3.05, 3.63) is 83.7 Å². The number of pyridine rings is 1. The maximum absolute atomic E-state index is 13.1. The maximum Gasteiger partial charge on any atom is 0.325 e. The highest BCUT2D eigenvalue weighted by Crippen LogP contribution is 2.33. The van der Waals surface area contributed by atoms with Crippen LogP contribution in [0.15, 0.2) is 67.0 Å². The molecule has 2 amide bonds. The molecule has 2 aromatic heterocycles. The first-order valence-corrected chi connectivity index (χ1v) is 14.4. The van der Waals surface area contributed by atoms with Crippen molar-refractivity contribution in [2.24, 2.45) is 0 Å². The Kier molecular flexibility index (Phi) is 8.48. The van der Waals surface area contributed by atoms with Crippen LogP contribution in [-0.2, 0) is 0 Å². The van der Waals surface area contributed by atoms with Crippen LogP contribution in [0, 0.1) is 11.3 Å². The molecule has 0 saturated carbocycles. The smallest absolute Gasteiger partial charge is 0.325 e. The summed E-state index contributed by atoms with van der Waals surface area (Å²) in [6.07, 6.45) is 5.32. The number of nitrogens with zero attached hydrogens (tertiary/aromatic N) is 5. The van der Waals surface area contributed by atoms with Crippen molar-refractivity contribution in [2.75, 3.05) is 43.9 Å².